The van der Waals surface area contributed by atoms with Gasteiger partial charge in [-0.1, -0.05) is 18.2 Å². The number of methoxy groups -OCH3 is 1. The van der Waals surface area contributed by atoms with Crippen LogP contribution < -0.4 is 10.1 Å². The first-order valence-electron chi connectivity index (χ1n) is 8.28. The first-order chi connectivity index (χ1) is 11.8. The van der Waals surface area contributed by atoms with Gasteiger partial charge >= 0.3 is 0 Å². The molecule has 0 saturated carbocycles. The molecule has 124 valence electrons. The molecule has 0 bridgehead atoms. The summed E-state index contributed by atoms with van der Waals surface area (Å²) in [7, 11) is 1.70. The van der Waals surface area contributed by atoms with Crippen molar-refractivity contribution in [1.29, 1.82) is 5.26 Å². The summed E-state index contributed by atoms with van der Waals surface area (Å²) in [6, 6.07) is 18.6. The molecule has 1 aliphatic rings. The summed E-state index contributed by atoms with van der Waals surface area (Å²) in [5, 5.41) is 12.6. The number of hydrogen-bond donors (Lipinski definition) is 1. The zero-order chi connectivity index (χ0) is 16.8. The Balaban J connectivity index is 1.68. The molecule has 1 heterocycles. The fourth-order valence-corrected chi connectivity index (χ4v) is 4.39. The molecule has 0 radical (unpaired) electrons. The Bertz CT molecular complexity index is 708. The third kappa shape index (κ3) is 4.11. The van der Waals surface area contributed by atoms with E-state index in [2.05, 4.69) is 41.7 Å². The Labute approximate surface area is 148 Å². The summed E-state index contributed by atoms with van der Waals surface area (Å²) in [6.45, 7) is 2.11. The Morgan fingerprint density at radius 3 is 2.83 bits per heavy atom. The molecular weight excluding hydrogens is 316 g/mol. The first-order valence-corrected chi connectivity index (χ1v) is 9.26. The molecule has 24 heavy (non-hydrogen) atoms. The zero-order valence-electron chi connectivity index (χ0n) is 13.9. The third-order valence-corrected chi connectivity index (χ3v) is 5.76. The van der Waals surface area contributed by atoms with E-state index in [0.717, 1.165) is 36.6 Å². The van der Waals surface area contributed by atoms with Crippen LogP contribution in [-0.2, 0) is 0 Å². The number of ether oxygens (including phenoxy) is 1. The molecule has 2 aromatic carbocycles. The lowest BCUT2D eigenvalue weighted by Gasteiger charge is -2.32. The molecule has 0 spiro atoms. The van der Waals surface area contributed by atoms with Crippen molar-refractivity contribution in [1.82, 2.24) is 5.32 Å². The minimum atomic E-state index is 0.573. The Hall–Kier alpha value is -1.96. The van der Waals surface area contributed by atoms with Crippen molar-refractivity contribution in [3.63, 3.8) is 0 Å². The minimum absolute atomic E-state index is 0.573. The molecule has 1 fully saturated rings. The van der Waals surface area contributed by atoms with Gasteiger partial charge in [0, 0.05) is 10.6 Å². The number of hydrogen-bond acceptors (Lipinski definition) is 4. The lowest BCUT2D eigenvalue weighted by molar-refractivity contribution is 0.354. The van der Waals surface area contributed by atoms with Gasteiger partial charge in [0.25, 0.3) is 0 Å². The molecule has 1 aliphatic heterocycles. The van der Waals surface area contributed by atoms with E-state index in [1.165, 1.54) is 10.5 Å². The van der Waals surface area contributed by atoms with E-state index in [1.54, 1.807) is 7.11 Å². The number of rotatable bonds is 5. The van der Waals surface area contributed by atoms with Crippen LogP contribution in [0.15, 0.2) is 53.4 Å². The van der Waals surface area contributed by atoms with Gasteiger partial charge in [0.1, 0.15) is 5.75 Å². The van der Waals surface area contributed by atoms with Crippen LogP contribution in [0.25, 0.3) is 0 Å². The van der Waals surface area contributed by atoms with E-state index in [9.17, 15) is 0 Å². The number of nitriles is 1. The van der Waals surface area contributed by atoms with Crippen molar-refractivity contribution in [2.45, 2.75) is 17.2 Å². The minimum Gasteiger partial charge on any atom is -0.497 e. The standard InChI is InChI=1S/C20H22N2OS/c1-23-18-7-5-16(6-8-18)20-9-10-22-13-17(20)14-24-19-4-2-3-15(11-19)12-21/h2-8,11,17,20,22H,9-10,13-14H2,1H3/t17-,20-/m0/s1. The van der Waals surface area contributed by atoms with Crippen molar-refractivity contribution in [3.8, 4) is 11.8 Å². The van der Waals surface area contributed by atoms with Gasteiger partial charge in [0.15, 0.2) is 0 Å². The van der Waals surface area contributed by atoms with E-state index in [0.29, 0.717) is 11.8 Å². The molecule has 0 amide bonds. The monoisotopic (exact) mass is 338 g/mol. The van der Waals surface area contributed by atoms with Gasteiger partial charge in [-0.2, -0.15) is 5.26 Å². The van der Waals surface area contributed by atoms with E-state index in [4.69, 9.17) is 10.00 Å². The second-order valence-corrected chi connectivity index (χ2v) is 7.18. The average molecular weight is 338 g/mol. The van der Waals surface area contributed by atoms with Crippen LogP contribution in [0.2, 0.25) is 0 Å². The molecule has 3 nitrogen and oxygen atoms in total. The number of thioether (sulfide) groups is 1. The van der Waals surface area contributed by atoms with Gasteiger partial charge in [-0.25, -0.2) is 0 Å². The van der Waals surface area contributed by atoms with Gasteiger partial charge in [-0.15, -0.1) is 11.8 Å². The Morgan fingerprint density at radius 2 is 2.08 bits per heavy atom. The summed E-state index contributed by atoms with van der Waals surface area (Å²) in [5.41, 5.74) is 2.13. The van der Waals surface area contributed by atoms with Crippen LogP contribution >= 0.6 is 11.8 Å². The van der Waals surface area contributed by atoms with Gasteiger partial charge in [-0.05, 0) is 67.2 Å². The van der Waals surface area contributed by atoms with Crippen LogP contribution in [0.1, 0.15) is 23.5 Å². The number of benzene rings is 2. The predicted molar refractivity (Wildman–Crippen MR) is 98.6 cm³/mol. The van der Waals surface area contributed by atoms with Crippen LogP contribution in [-0.4, -0.2) is 26.0 Å². The normalized spacial score (nSPS) is 20.3. The van der Waals surface area contributed by atoms with Crippen LogP contribution in [0.3, 0.4) is 0 Å². The van der Waals surface area contributed by atoms with Crippen molar-refractivity contribution in [2.24, 2.45) is 5.92 Å². The topological polar surface area (TPSA) is 45.0 Å². The molecule has 1 saturated heterocycles. The summed E-state index contributed by atoms with van der Waals surface area (Å²) in [5.74, 6) is 3.12. The van der Waals surface area contributed by atoms with Gasteiger partial charge < -0.3 is 10.1 Å². The molecule has 2 aromatic rings. The van der Waals surface area contributed by atoms with Gasteiger partial charge in [-0.3, -0.25) is 0 Å². The molecular formula is C20H22N2OS. The largest absolute Gasteiger partial charge is 0.497 e. The Kier molecular flexibility index (Phi) is 5.79. The molecule has 1 N–H and O–H groups in total. The summed E-state index contributed by atoms with van der Waals surface area (Å²) in [4.78, 5) is 1.17. The fourth-order valence-electron chi connectivity index (χ4n) is 3.25. The highest BCUT2D eigenvalue weighted by Crippen LogP contribution is 2.35. The van der Waals surface area contributed by atoms with E-state index < -0.39 is 0 Å². The van der Waals surface area contributed by atoms with Crippen molar-refractivity contribution in [2.75, 3.05) is 26.0 Å². The molecule has 2 atom stereocenters. The molecule has 0 aromatic heterocycles. The van der Waals surface area contributed by atoms with E-state index in [-0.39, 0.29) is 0 Å². The van der Waals surface area contributed by atoms with E-state index in [1.807, 2.05) is 30.0 Å². The average Bonchev–Trinajstić information content (AvgIpc) is 2.67. The highest BCUT2D eigenvalue weighted by molar-refractivity contribution is 7.99. The zero-order valence-corrected chi connectivity index (χ0v) is 14.7. The predicted octanol–water partition coefficient (Wildman–Crippen LogP) is 4.05. The molecule has 3 rings (SSSR count). The maximum absolute atomic E-state index is 9.03. The third-order valence-electron chi connectivity index (χ3n) is 4.58. The summed E-state index contributed by atoms with van der Waals surface area (Å²) >= 11 is 1.85. The molecule has 0 aliphatic carbocycles. The van der Waals surface area contributed by atoms with Crippen LogP contribution in [0.5, 0.6) is 5.75 Å². The van der Waals surface area contributed by atoms with Crippen molar-refractivity contribution < 1.29 is 4.74 Å². The lowest BCUT2D eigenvalue weighted by atomic mass is 9.82. The second kappa shape index (κ2) is 8.23. The first kappa shape index (κ1) is 16.9. The maximum Gasteiger partial charge on any atom is 0.118 e. The SMILES string of the molecule is COc1ccc([C@@H]2CCNC[C@H]2CSc2cccc(C#N)c2)cc1. The highest BCUT2D eigenvalue weighted by atomic mass is 32.2. The molecule has 4 heteroatoms. The number of piperidine rings is 1. The highest BCUT2D eigenvalue weighted by Gasteiger charge is 2.26. The fraction of sp³-hybridized carbons (Fsp3) is 0.350. The smallest absolute Gasteiger partial charge is 0.118 e. The summed E-state index contributed by atoms with van der Waals surface area (Å²) in [6.07, 6.45) is 1.16. The second-order valence-electron chi connectivity index (χ2n) is 6.08. The summed E-state index contributed by atoms with van der Waals surface area (Å²) < 4.78 is 5.27. The Morgan fingerprint density at radius 1 is 1.25 bits per heavy atom. The lowest BCUT2D eigenvalue weighted by Crippen LogP contribution is -2.36. The van der Waals surface area contributed by atoms with E-state index >= 15 is 0 Å². The quantitative estimate of drug-likeness (QED) is 0.835. The number of nitrogens with zero attached hydrogens (tertiary/aromatic N) is 1. The molecule has 0 unspecified atom stereocenters. The van der Waals surface area contributed by atoms with Crippen molar-refractivity contribution in [3.05, 3.63) is 59.7 Å². The van der Waals surface area contributed by atoms with Crippen LogP contribution in [0, 0.1) is 17.2 Å². The van der Waals surface area contributed by atoms with Gasteiger partial charge in [0.05, 0.1) is 18.7 Å². The van der Waals surface area contributed by atoms with Crippen molar-refractivity contribution >= 4 is 11.8 Å². The van der Waals surface area contributed by atoms with Gasteiger partial charge in [0.2, 0.25) is 0 Å². The van der Waals surface area contributed by atoms with Crippen LogP contribution in [0.4, 0.5) is 0 Å². The number of nitrogens with one attached hydrogen (secondary N) is 1. The maximum atomic E-state index is 9.03.